The highest BCUT2D eigenvalue weighted by molar-refractivity contribution is 4.80. The first-order valence-corrected chi connectivity index (χ1v) is 47.7. The van der Waals surface area contributed by atoms with E-state index >= 15 is 0 Å². The van der Waals surface area contributed by atoms with Gasteiger partial charge in [-0.2, -0.15) is 0 Å². The molecule has 32 N–H and O–H groups in total. The van der Waals surface area contributed by atoms with E-state index in [1.807, 2.05) is 27.8 Å². The quantitative estimate of drug-likeness (QED) is 0.0257. The standard InChI is InChI=1S/C9H21N.C7H16N2.C7H18N2.C7H17N.C7H16.C6H14N2.C6H16N2.C6H13NO.C6H15NO.C5H12N2.C5H13NO2.2C5H13NO.C5H13N.C4H11NO2/c1-8(2)6-5-7-10-9(3)4;1-9-6-2-3-7(9)4-5-8;1-3-8-6-5-7-9-4-2;1-3-5-6-7-8-4-2;1-3-5-7-6-4-2;7-3-6-8-4-1-2-5-8;1-3-8(4-2)6-5-7;7-5-1-3-6(8)4-2-5;7-5-3-1-2-4-6-8;1-2-6-4-5-7-3-1;1-2-5(6,3-7)4-8;1-5(2,3-6)4-7;6-4-2-1-3-5-7;1-3-4-5-6-2;5-1-3-7-4-2-6/h8-10H,5-7H2,1-4H3;7H,2-6,8H2,1H3;8-9H,3-7H2,1-2H3;8H,3-7H2,1-2H3;3-7H2,1-2H3;1-7H2;3-7H2,1-2H3;5-6,8H,1-4,7H2;8H,1-7H2;6-7H,1-5H2;7-8H,2-4,6H2,1H3;7H,3-4,6H2,1-2H3;7H,1-6H2;6H,3-5H2,1-2H3;6H,1-5H2. The molecular weight excluding hydrogens is 1480 g/mol. The summed E-state index contributed by atoms with van der Waals surface area (Å²) in [6.45, 7) is 62.7. The number of hydrogen-bond acceptors (Lipinski definition) is 27. The predicted molar refractivity (Wildman–Crippen MR) is 517 cm³/mol. The van der Waals surface area contributed by atoms with Crippen molar-refractivity contribution < 1.29 is 40.5 Å². The van der Waals surface area contributed by atoms with Crippen LogP contribution in [0.1, 0.15) is 310 Å². The molecule has 27 nitrogen and oxygen atoms in total. The van der Waals surface area contributed by atoms with E-state index in [-0.39, 0.29) is 37.9 Å². The zero-order chi connectivity index (χ0) is 91.2. The summed E-state index contributed by atoms with van der Waals surface area (Å²) in [7, 11) is 4.17. The lowest BCUT2D eigenvalue weighted by molar-refractivity contribution is 0.0976. The summed E-state index contributed by atoms with van der Waals surface area (Å²) in [5.74, 6) is 0.856. The Bertz CT molecular complexity index is 1430. The summed E-state index contributed by atoms with van der Waals surface area (Å²) < 4.78 is 4.76. The highest BCUT2D eigenvalue weighted by atomic mass is 16.5. The minimum Gasteiger partial charge on any atom is -0.396 e. The Labute approximate surface area is 728 Å². The number of nitrogens with zero attached hydrogens (tertiary/aromatic N) is 3. The number of nitrogens with two attached hydrogens (primary N) is 9. The van der Waals surface area contributed by atoms with Gasteiger partial charge in [0.15, 0.2) is 0 Å². The summed E-state index contributed by atoms with van der Waals surface area (Å²) >= 11 is 0. The molecule has 0 amide bonds. The van der Waals surface area contributed by atoms with Gasteiger partial charge >= 0.3 is 0 Å². The van der Waals surface area contributed by atoms with Crippen molar-refractivity contribution in [2.75, 3.05) is 237 Å². The Balaban J connectivity index is -0.000000114. The Morgan fingerprint density at radius 3 is 1.28 bits per heavy atom. The maximum absolute atomic E-state index is 8.97. The molecule has 0 radical (unpaired) electrons. The van der Waals surface area contributed by atoms with Gasteiger partial charge in [0.1, 0.15) is 0 Å². The van der Waals surface area contributed by atoms with Crippen molar-refractivity contribution in [3.8, 4) is 0 Å². The van der Waals surface area contributed by atoms with Crippen molar-refractivity contribution in [3.63, 3.8) is 0 Å². The second-order valence-corrected chi connectivity index (χ2v) is 31.9. The van der Waals surface area contributed by atoms with Crippen LogP contribution in [0, 0.1) is 11.3 Å². The van der Waals surface area contributed by atoms with Crippen molar-refractivity contribution >= 4 is 0 Å². The predicted octanol–water partition coefficient (Wildman–Crippen LogP) is 7.96. The van der Waals surface area contributed by atoms with Gasteiger partial charge in [-0.3, -0.25) is 0 Å². The van der Waals surface area contributed by atoms with Gasteiger partial charge in [0.05, 0.1) is 44.7 Å². The molecule has 0 aromatic carbocycles. The largest absolute Gasteiger partial charge is 0.396 e. The van der Waals surface area contributed by atoms with Crippen LogP contribution in [0.5, 0.6) is 0 Å². The van der Waals surface area contributed by atoms with Crippen molar-refractivity contribution in [1.82, 2.24) is 51.9 Å². The van der Waals surface area contributed by atoms with E-state index in [0.29, 0.717) is 58.0 Å². The molecule has 3 heterocycles. The molecule has 3 saturated heterocycles. The van der Waals surface area contributed by atoms with Crippen LogP contribution < -0.4 is 88.8 Å². The van der Waals surface area contributed by atoms with Crippen molar-refractivity contribution in [1.29, 1.82) is 0 Å². The molecule has 1 atom stereocenters. The molecule has 117 heavy (non-hydrogen) atoms. The number of nitrogens with one attached hydrogen (secondary N) is 7. The van der Waals surface area contributed by atoms with Gasteiger partial charge in [0.25, 0.3) is 0 Å². The number of ether oxygens (including phenoxy) is 1. The van der Waals surface area contributed by atoms with Crippen LogP contribution in [-0.4, -0.2) is 317 Å². The van der Waals surface area contributed by atoms with Gasteiger partial charge in [-0.05, 0) is 279 Å². The van der Waals surface area contributed by atoms with Crippen molar-refractivity contribution in [2.45, 2.75) is 340 Å². The van der Waals surface area contributed by atoms with Gasteiger partial charge in [0.2, 0.25) is 0 Å². The number of aliphatic hydroxyl groups is 7. The summed E-state index contributed by atoms with van der Waals surface area (Å²) in [6.07, 6.45) is 37.1. The third-order valence-electron chi connectivity index (χ3n) is 18.8. The summed E-state index contributed by atoms with van der Waals surface area (Å²) in [6, 6.07) is 1.79. The normalized spacial score (nSPS) is 15.4. The monoisotopic (exact) mass is 1700 g/mol. The number of aliphatic hydroxyl groups excluding tert-OH is 7. The molecule has 1 unspecified atom stereocenters. The number of unbranched alkanes of at least 4 members (excludes halogenated alkanes) is 12. The number of rotatable bonds is 49. The molecule has 4 aliphatic rings. The molecule has 4 rings (SSSR count). The van der Waals surface area contributed by atoms with Crippen LogP contribution in [0.4, 0.5) is 0 Å². The van der Waals surface area contributed by atoms with Crippen LogP contribution in [0.15, 0.2) is 0 Å². The molecule has 3 aliphatic heterocycles. The van der Waals surface area contributed by atoms with Crippen molar-refractivity contribution in [3.05, 3.63) is 0 Å². The lowest BCUT2D eigenvalue weighted by atomic mass is 9.94. The first-order chi connectivity index (χ1) is 56.2. The van der Waals surface area contributed by atoms with E-state index in [1.165, 1.54) is 168 Å². The fraction of sp³-hybridized carbons (Fsp3) is 1.00. The van der Waals surface area contributed by atoms with Crippen molar-refractivity contribution in [2.24, 2.45) is 62.9 Å². The molecule has 27 heteroatoms. The average molecular weight is 1700 g/mol. The molecule has 0 aromatic heterocycles. The minimum atomic E-state index is -0.764. The molecule has 0 aromatic rings. The molecule has 0 bridgehead atoms. The second kappa shape index (κ2) is 128. The molecule has 4 fully saturated rings. The van der Waals surface area contributed by atoms with Gasteiger partial charge in [0, 0.05) is 89.2 Å². The second-order valence-electron chi connectivity index (χ2n) is 31.9. The maximum Gasteiger partial charge on any atom is 0.0698 e. The first-order valence-electron chi connectivity index (χ1n) is 47.7. The minimum absolute atomic E-state index is 0.0604. The number of likely N-dealkylation sites (tertiary alicyclic amines) is 2. The summed E-state index contributed by atoms with van der Waals surface area (Å²) in [5.41, 5.74) is 47.0. The van der Waals surface area contributed by atoms with E-state index in [1.54, 1.807) is 0 Å². The Hall–Kier alpha value is -1.08. The molecular formula is C90H221N19O8. The van der Waals surface area contributed by atoms with Crippen LogP contribution in [0.2, 0.25) is 0 Å². The van der Waals surface area contributed by atoms with Gasteiger partial charge < -0.3 is 144 Å². The molecule has 1 saturated carbocycles. The zero-order valence-electron chi connectivity index (χ0n) is 81.4. The van der Waals surface area contributed by atoms with Crippen LogP contribution in [0.25, 0.3) is 0 Å². The number of hydrogen-bond donors (Lipinski definition) is 23. The van der Waals surface area contributed by atoms with E-state index in [4.69, 9.17) is 92.1 Å². The SMILES string of the molecule is C1CNCCNC1.CC(C)(CN)CO.CC(C)CCCNC(C)C.CCC(N)(CO)CO.CCCCCCC.CCCCCNCC.CCCCNC.CCN(CC)CCN.CCNCCCNCC.CN1CCCC1CCN.NC1CCC(O)CC1.NCCCCCCO.NCCCCCO.NCCN1CCCC1.NCCOCCO. The van der Waals surface area contributed by atoms with Crippen LogP contribution >= 0.6 is 0 Å². The molecule has 1 aliphatic carbocycles. The Morgan fingerprint density at radius 2 is 0.966 bits per heavy atom. The Kier molecular flexibility index (Phi) is 152. The maximum atomic E-state index is 8.97. The van der Waals surface area contributed by atoms with E-state index in [2.05, 4.69) is 149 Å². The lowest BCUT2D eigenvalue weighted by Crippen LogP contribution is -2.46. The fourth-order valence-corrected chi connectivity index (χ4v) is 10.2. The topological polar surface area (TPSA) is 479 Å². The smallest absolute Gasteiger partial charge is 0.0698 e. The van der Waals surface area contributed by atoms with Crippen LogP contribution in [-0.2, 0) is 4.74 Å². The van der Waals surface area contributed by atoms with Gasteiger partial charge in [-0.25, -0.2) is 0 Å². The van der Waals surface area contributed by atoms with E-state index < -0.39 is 5.54 Å². The fourth-order valence-electron chi connectivity index (χ4n) is 10.2. The van der Waals surface area contributed by atoms with Crippen LogP contribution in [0.3, 0.4) is 0 Å². The van der Waals surface area contributed by atoms with E-state index in [0.717, 1.165) is 194 Å². The average Bonchev–Trinajstić information content (AvgIpc) is 1.74. The van der Waals surface area contributed by atoms with Gasteiger partial charge in [-0.1, -0.05) is 175 Å². The first kappa shape index (κ1) is 139. The zero-order valence-corrected chi connectivity index (χ0v) is 81.4. The summed E-state index contributed by atoms with van der Waals surface area (Å²) in [5, 5.41) is 82.1. The number of likely N-dealkylation sites (N-methyl/N-ethyl adjacent to an activating group) is 1. The third kappa shape index (κ3) is 150. The highest BCUT2D eigenvalue weighted by Crippen LogP contribution is 2.17. The Morgan fingerprint density at radius 1 is 0.487 bits per heavy atom. The molecule has 0 spiro atoms. The highest BCUT2D eigenvalue weighted by Gasteiger charge is 2.20. The lowest BCUT2D eigenvalue weighted by Gasteiger charge is -2.21. The van der Waals surface area contributed by atoms with E-state index in [9.17, 15) is 0 Å². The molecule has 724 valence electrons. The summed E-state index contributed by atoms with van der Waals surface area (Å²) in [4.78, 5) is 7.13. The van der Waals surface area contributed by atoms with Gasteiger partial charge in [-0.15, -0.1) is 0 Å². The third-order valence-corrected chi connectivity index (χ3v) is 18.8.